The fourth-order valence-corrected chi connectivity index (χ4v) is 2.98. The van der Waals surface area contributed by atoms with E-state index in [9.17, 15) is 0 Å². The lowest BCUT2D eigenvalue weighted by Gasteiger charge is -2.24. The Balaban J connectivity index is 1.97. The first-order valence-electron chi connectivity index (χ1n) is 7.12. The van der Waals surface area contributed by atoms with Crippen LogP contribution >= 0.6 is 11.6 Å². The minimum Gasteiger partial charge on any atom is -0.379 e. The number of nitrogens with zero attached hydrogens (tertiary/aromatic N) is 2. The van der Waals surface area contributed by atoms with Crippen LogP contribution in [0.25, 0.3) is 11.0 Å². The SMILES string of the molecule is CC(C)n1c(CC2COCCN2)nc2cc(Cl)ccc21. The number of aromatic nitrogens is 2. The smallest absolute Gasteiger partial charge is 0.111 e. The molecule has 0 aliphatic carbocycles. The highest BCUT2D eigenvalue weighted by Gasteiger charge is 2.19. The predicted molar refractivity (Wildman–Crippen MR) is 81.4 cm³/mol. The summed E-state index contributed by atoms with van der Waals surface area (Å²) in [4.78, 5) is 4.77. The first-order valence-corrected chi connectivity index (χ1v) is 7.50. The van der Waals surface area contributed by atoms with Gasteiger partial charge in [0.15, 0.2) is 0 Å². The second-order valence-corrected chi connectivity index (χ2v) is 5.99. The summed E-state index contributed by atoms with van der Waals surface area (Å²) in [5.74, 6) is 1.10. The van der Waals surface area contributed by atoms with Crippen LogP contribution in [0.1, 0.15) is 25.7 Å². The summed E-state index contributed by atoms with van der Waals surface area (Å²) < 4.78 is 7.82. The summed E-state index contributed by atoms with van der Waals surface area (Å²) >= 11 is 6.07. The molecule has 3 rings (SSSR count). The number of rotatable bonds is 3. The topological polar surface area (TPSA) is 39.1 Å². The van der Waals surface area contributed by atoms with Crippen LogP contribution in [-0.2, 0) is 11.2 Å². The van der Waals surface area contributed by atoms with E-state index < -0.39 is 0 Å². The molecule has 1 aromatic carbocycles. The maximum Gasteiger partial charge on any atom is 0.111 e. The van der Waals surface area contributed by atoms with Gasteiger partial charge in [0.05, 0.1) is 24.2 Å². The largest absolute Gasteiger partial charge is 0.379 e. The molecule has 5 heteroatoms. The molecule has 1 unspecified atom stereocenters. The number of benzene rings is 1. The number of nitrogens with one attached hydrogen (secondary N) is 1. The van der Waals surface area contributed by atoms with Gasteiger partial charge < -0.3 is 14.6 Å². The van der Waals surface area contributed by atoms with E-state index in [-0.39, 0.29) is 0 Å². The number of hydrogen-bond acceptors (Lipinski definition) is 3. The minimum absolute atomic E-state index is 0.341. The molecule has 0 radical (unpaired) electrons. The van der Waals surface area contributed by atoms with Crippen LogP contribution in [0.4, 0.5) is 0 Å². The molecule has 0 amide bonds. The molecule has 1 saturated heterocycles. The Morgan fingerprint density at radius 3 is 3.05 bits per heavy atom. The number of hydrogen-bond donors (Lipinski definition) is 1. The first-order chi connectivity index (χ1) is 9.65. The van der Waals surface area contributed by atoms with Gasteiger partial charge in [0, 0.05) is 30.1 Å². The van der Waals surface area contributed by atoms with Gasteiger partial charge in [0.2, 0.25) is 0 Å². The predicted octanol–water partition coefficient (Wildman–Crippen LogP) is 2.80. The Morgan fingerprint density at radius 2 is 2.35 bits per heavy atom. The summed E-state index contributed by atoms with van der Waals surface area (Å²) in [6, 6.07) is 6.63. The average Bonchev–Trinajstić information content (AvgIpc) is 2.76. The Bertz CT molecular complexity index is 602. The minimum atomic E-state index is 0.341. The first kappa shape index (κ1) is 13.9. The highest BCUT2D eigenvalue weighted by Crippen LogP contribution is 2.24. The summed E-state index contributed by atoms with van der Waals surface area (Å²) in [6.07, 6.45) is 0.879. The second kappa shape index (κ2) is 5.72. The Morgan fingerprint density at radius 1 is 1.50 bits per heavy atom. The molecule has 4 nitrogen and oxygen atoms in total. The maximum absolute atomic E-state index is 6.07. The monoisotopic (exact) mass is 293 g/mol. The standard InChI is InChI=1S/C15H20ClN3O/c1-10(2)19-14-4-3-11(16)7-13(14)18-15(19)8-12-9-20-6-5-17-12/h3-4,7,10,12,17H,5-6,8-9H2,1-2H3. The van der Waals surface area contributed by atoms with Gasteiger partial charge in [-0.1, -0.05) is 11.6 Å². The van der Waals surface area contributed by atoms with E-state index >= 15 is 0 Å². The van der Waals surface area contributed by atoms with Crippen molar-refractivity contribution in [1.29, 1.82) is 0 Å². The summed E-state index contributed by atoms with van der Waals surface area (Å²) in [5.41, 5.74) is 2.12. The van der Waals surface area contributed by atoms with Crippen LogP contribution in [0.2, 0.25) is 5.02 Å². The molecule has 2 aromatic rings. The lowest BCUT2D eigenvalue weighted by Crippen LogP contribution is -2.43. The third-order valence-corrected chi connectivity index (χ3v) is 3.90. The number of ether oxygens (including phenoxy) is 1. The van der Waals surface area contributed by atoms with Gasteiger partial charge in [0.1, 0.15) is 5.82 Å². The Hall–Kier alpha value is -1.10. The summed E-state index contributed by atoms with van der Waals surface area (Å²) in [6.45, 7) is 6.83. The molecule has 0 bridgehead atoms. The zero-order chi connectivity index (χ0) is 14.1. The second-order valence-electron chi connectivity index (χ2n) is 5.55. The van der Waals surface area contributed by atoms with E-state index in [0.29, 0.717) is 12.1 Å². The van der Waals surface area contributed by atoms with Crippen molar-refractivity contribution in [3.05, 3.63) is 29.0 Å². The van der Waals surface area contributed by atoms with E-state index in [1.165, 1.54) is 0 Å². The molecule has 1 fully saturated rings. The molecule has 0 saturated carbocycles. The van der Waals surface area contributed by atoms with Crippen molar-refractivity contribution in [2.45, 2.75) is 32.4 Å². The third kappa shape index (κ3) is 2.68. The van der Waals surface area contributed by atoms with Crippen LogP contribution in [-0.4, -0.2) is 35.4 Å². The number of fused-ring (bicyclic) bond motifs is 1. The fourth-order valence-electron chi connectivity index (χ4n) is 2.81. The zero-order valence-corrected chi connectivity index (χ0v) is 12.7. The van der Waals surface area contributed by atoms with Crippen molar-refractivity contribution in [2.75, 3.05) is 19.8 Å². The highest BCUT2D eigenvalue weighted by atomic mass is 35.5. The average molecular weight is 294 g/mol. The third-order valence-electron chi connectivity index (χ3n) is 3.67. The molecular weight excluding hydrogens is 274 g/mol. The molecular formula is C15H20ClN3O. The van der Waals surface area contributed by atoms with Crippen LogP contribution in [0.15, 0.2) is 18.2 Å². The number of halogens is 1. The molecule has 2 heterocycles. The lowest BCUT2D eigenvalue weighted by molar-refractivity contribution is 0.0761. The summed E-state index contributed by atoms with van der Waals surface area (Å²) in [5, 5.41) is 4.22. The molecule has 1 N–H and O–H groups in total. The summed E-state index contributed by atoms with van der Waals surface area (Å²) in [7, 11) is 0. The van der Waals surface area contributed by atoms with Crippen molar-refractivity contribution < 1.29 is 4.74 Å². The van der Waals surface area contributed by atoms with Gasteiger partial charge in [-0.2, -0.15) is 0 Å². The van der Waals surface area contributed by atoms with Crippen molar-refractivity contribution in [3.63, 3.8) is 0 Å². The van der Waals surface area contributed by atoms with Crippen molar-refractivity contribution >= 4 is 22.6 Å². The molecule has 1 aliphatic heterocycles. The molecule has 1 aliphatic rings. The Labute approximate surface area is 124 Å². The van der Waals surface area contributed by atoms with Gasteiger partial charge in [0.25, 0.3) is 0 Å². The Kier molecular flexibility index (Phi) is 3.96. The molecule has 108 valence electrons. The normalized spacial score (nSPS) is 19.9. The molecule has 20 heavy (non-hydrogen) atoms. The number of imidazole rings is 1. The zero-order valence-electron chi connectivity index (χ0n) is 11.9. The van der Waals surface area contributed by atoms with Crippen LogP contribution in [0.5, 0.6) is 0 Å². The van der Waals surface area contributed by atoms with Crippen LogP contribution < -0.4 is 5.32 Å². The van der Waals surface area contributed by atoms with Gasteiger partial charge in [-0.3, -0.25) is 0 Å². The molecule has 1 aromatic heterocycles. The van der Waals surface area contributed by atoms with Gasteiger partial charge in [-0.25, -0.2) is 4.98 Å². The van der Waals surface area contributed by atoms with E-state index in [2.05, 4.69) is 29.8 Å². The fraction of sp³-hybridized carbons (Fsp3) is 0.533. The van der Waals surface area contributed by atoms with E-state index in [1.54, 1.807) is 0 Å². The van der Waals surface area contributed by atoms with Crippen LogP contribution in [0.3, 0.4) is 0 Å². The van der Waals surface area contributed by atoms with E-state index in [0.717, 1.165) is 48.1 Å². The van der Waals surface area contributed by atoms with Gasteiger partial charge in [-0.05, 0) is 32.0 Å². The van der Waals surface area contributed by atoms with Crippen molar-refractivity contribution in [3.8, 4) is 0 Å². The van der Waals surface area contributed by atoms with E-state index in [4.69, 9.17) is 21.3 Å². The molecule has 0 spiro atoms. The quantitative estimate of drug-likeness (QED) is 0.946. The highest BCUT2D eigenvalue weighted by molar-refractivity contribution is 6.31. The van der Waals surface area contributed by atoms with E-state index in [1.807, 2.05) is 12.1 Å². The lowest BCUT2D eigenvalue weighted by atomic mass is 10.2. The van der Waals surface area contributed by atoms with Crippen LogP contribution in [0, 0.1) is 0 Å². The molecule has 1 atom stereocenters. The van der Waals surface area contributed by atoms with Gasteiger partial charge in [-0.15, -0.1) is 0 Å². The maximum atomic E-state index is 6.07. The van der Waals surface area contributed by atoms with Crippen molar-refractivity contribution in [2.24, 2.45) is 0 Å². The van der Waals surface area contributed by atoms with Gasteiger partial charge >= 0.3 is 0 Å². The van der Waals surface area contributed by atoms with Crippen molar-refractivity contribution in [1.82, 2.24) is 14.9 Å². The number of morpholine rings is 1.